The van der Waals surface area contributed by atoms with E-state index in [0.29, 0.717) is 5.76 Å². The third kappa shape index (κ3) is 3.63. The van der Waals surface area contributed by atoms with Gasteiger partial charge in [-0.15, -0.1) is 0 Å². The Labute approximate surface area is 128 Å². The minimum Gasteiger partial charge on any atom is -0.495 e. The predicted octanol–water partition coefficient (Wildman–Crippen LogP) is -0.351. The van der Waals surface area contributed by atoms with E-state index in [1.807, 2.05) is 25.1 Å². The molecule has 0 bridgehead atoms. The molecule has 1 aliphatic rings. The summed E-state index contributed by atoms with van der Waals surface area (Å²) in [5.74, 6) is 0.588. The lowest BCUT2D eigenvalue weighted by molar-refractivity contribution is -0.287. The molecule has 0 aromatic carbocycles. The van der Waals surface area contributed by atoms with Gasteiger partial charge in [-0.25, -0.2) is 0 Å². The molecule has 122 valence electrons. The van der Waals surface area contributed by atoms with Crippen molar-refractivity contribution < 1.29 is 29.9 Å². The third-order valence-electron chi connectivity index (χ3n) is 3.73. The minimum atomic E-state index is -1.56. The van der Waals surface area contributed by atoms with Crippen LogP contribution in [0.4, 0.5) is 0 Å². The maximum absolute atomic E-state index is 9.84. The molecule has 1 fully saturated rings. The number of pyridine rings is 1. The second-order valence-corrected chi connectivity index (χ2v) is 5.24. The average Bonchev–Trinajstić information content (AvgIpc) is 2.54. The van der Waals surface area contributed by atoms with E-state index in [0.717, 1.165) is 11.3 Å². The number of hydrogen-bond acceptors (Lipinski definition) is 7. The summed E-state index contributed by atoms with van der Waals surface area (Å²) in [5.41, 5.74) is 1.59. The number of aliphatic hydroxyl groups is 4. The van der Waals surface area contributed by atoms with Gasteiger partial charge in [-0.3, -0.25) is 4.98 Å². The fourth-order valence-corrected chi connectivity index (χ4v) is 2.15. The van der Waals surface area contributed by atoms with Gasteiger partial charge in [0.2, 0.25) is 0 Å². The fraction of sp³-hybridized carbons (Fsp3) is 0.533. The molecule has 0 unspecified atom stereocenters. The first kappa shape index (κ1) is 16.9. The molecule has 1 saturated heterocycles. The second kappa shape index (κ2) is 7.17. The van der Waals surface area contributed by atoms with Crippen molar-refractivity contribution in [1.82, 2.24) is 4.98 Å². The summed E-state index contributed by atoms with van der Waals surface area (Å²) in [5, 5.41) is 38.3. The summed E-state index contributed by atoms with van der Waals surface area (Å²) < 4.78 is 10.6. The van der Waals surface area contributed by atoms with Gasteiger partial charge >= 0.3 is 0 Å². The lowest BCUT2D eigenvalue weighted by atomic mass is 9.99. The van der Waals surface area contributed by atoms with Crippen molar-refractivity contribution in [2.75, 3.05) is 6.61 Å². The van der Waals surface area contributed by atoms with Gasteiger partial charge in [-0.05, 0) is 26.0 Å². The number of hydrogen-bond donors (Lipinski definition) is 4. The van der Waals surface area contributed by atoms with E-state index in [2.05, 4.69) is 4.98 Å². The maximum Gasteiger partial charge on any atom is 0.184 e. The molecule has 0 aliphatic carbocycles. The Morgan fingerprint density at radius 3 is 2.50 bits per heavy atom. The standard InChI is InChI=1S/C15H21NO6/c1-8(10-5-3-4-6-16-10)9(2)21-7-11-12(17)13(18)14(19)15(20)22-11/h3-6,11-15,17-20H,7H2,1-2H3/b9-8+/t11-,12+,13+,14+,15+/m0/s1. The molecule has 7 nitrogen and oxygen atoms in total. The average molecular weight is 311 g/mol. The number of aliphatic hydroxyl groups excluding tert-OH is 4. The van der Waals surface area contributed by atoms with Crippen LogP contribution >= 0.6 is 0 Å². The maximum atomic E-state index is 9.84. The fourth-order valence-electron chi connectivity index (χ4n) is 2.15. The van der Waals surface area contributed by atoms with Crippen molar-refractivity contribution in [3.05, 3.63) is 35.8 Å². The summed E-state index contributed by atoms with van der Waals surface area (Å²) in [7, 11) is 0. The molecular weight excluding hydrogens is 290 g/mol. The molecule has 2 rings (SSSR count). The van der Waals surface area contributed by atoms with Crippen LogP contribution < -0.4 is 0 Å². The van der Waals surface area contributed by atoms with Crippen molar-refractivity contribution >= 4 is 5.57 Å². The minimum absolute atomic E-state index is 0.0714. The summed E-state index contributed by atoms with van der Waals surface area (Å²) in [6, 6.07) is 5.52. The van der Waals surface area contributed by atoms with Crippen LogP contribution in [0.25, 0.3) is 5.57 Å². The molecule has 0 radical (unpaired) electrons. The largest absolute Gasteiger partial charge is 0.495 e. The molecule has 4 N–H and O–H groups in total. The summed E-state index contributed by atoms with van der Waals surface area (Å²) in [6.07, 6.45) is -5.21. The van der Waals surface area contributed by atoms with E-state index in [4.69, 9.17) is 9.47 Å². The zero-order valence-electron chi connectivity index (χ0n) is 12.5. The lowest BCUT2D eigenvalue weighted by Gasteiger charge is -2.38. The smallest absolute Gasteiger partial charge is 0.184 e. The van der Waals surface area contributed by atoms with E-state index < -0.39 is 30.7 Å². The van der Waals surface area contributed by atoms with Gasteiger partial charge in [0.15, 0.2) is 6.29 Å². The Kier molecular flexibility index (Phi) is 5.49. The van der Waals surface area contributed by atoms with Crippen LogP contribution in [0, 0.1) is 0 Å². The van der Waals surface area contributed by atoms with Crippen LogP contribution in [0.3, 0.4) is 0 Å². The predicted molar refractivity (Wildman–Crippen MR) is 77.4 cm³/mol. The molecule has 7 heteroatoms. The van der Waals surface area contributed by atoms with Crippen molar-refractivity contribution in [1.29, 1.82) is 0 Å². The van der Waals surface area contributed by atoms with E-state index in [1.54, 1.807) is 13.1 Å². The highest BCUT2D eigenvalue weighted by atomic mass is 16.6. The highest BCUT2D eigenvalue weighted by Gasteiger charge is 2.43. The Hall–Kier alpha value is -1.51. The van der Waals surface area contributed by atoms with Gasteiger partial charge in [0.1, 0.15) is 31.0 Å². The molecule has 0 amide bonds. The van der Waals surface area contributed by atoms with E-state index in [-0.39, 0.29) is 6.61 Å². The molecule has 0 spiro atoms. The molecule has 0 saturated carbocycles. The number of aromatic nitrogens is 1. The Morgan fingerprint density at radius 1 is 1.14 bits per heavy atom. The highest BCUT2D eigenvalue weighted by molar-refractivity contribution is 5.61. The van der Waals surface area contributed by atoms with Crippen molar-refractivity contribution in [2.24, 2.45) is 0 Å². The van der Waals surface area contributed by atoms with E-state index in [1.165, 1.54) is 0 Å². The van der Waals surface area contributed by atoms with Crippen molar-refractivity contribution in [3.63, 3.8) is 0 Å². The zero-order chi connectivity index (χ0) is 16.3. The number of rotatable bonds is 4. The summed E-state index contributed by atoms with van der Waals surface area (Å²) in [6.45, 7) is 3.53. The second-order valence-electron chi connectivity index (χ2n) is 5.24. The van der Waals surface area contributed by atoms with E-state index >= 15 is 0 Å². The van der Waals surface area contributed by atoms with Crippen LogP contribution in [0.5, 0.6) is 0 Å². The van der Waals surface area contributed by atoms with Crippen molar-refractivity contribution in [2.45, 2.75) is 44.6 Å². The van der Waals surface area contributed by atoms with Crippen LogP contribution in [0.2, 0.25) is 0 Å². The molecule has 2 heterocycles. The Morgan fingerprint density at radius 2 is 1.86 bits per heavy atom. The van der Waals surface area contributed by atoms with Gasteiger partial charge in [0.25, 0.3) is 0 Å². The zero-order valence-corrected chi connectivity index (χ0v) is 12.5. The van der Waals surface area contributed by atoms with E-state index in [9.17, 15) is 20.4 Å². The van der Waals surface area contributed by atoms with Crippen LogP contribution in [-0.4, -0.2) is 62.7 Å². The molecule has 1 aliphatic heterocycles. The molecule has 5 atom stereocenters. The monoisotopic (exact) mass is 311 g/mol. The van der Waals surface area contributed by atoms with Crippen LogP contribution in [0.15, 0.2) is 30.2 Å². The van der Waals surface area contributed by atoms with Crippen LogP contribution in [-0.2, 0) is 9.47 Å². The molecular formula is C15H21NO6. The normalized spacial score (nSPS) is 33.3. The Bertz CT molecular complexity index is 520. The first-order valence-electron chi connectivity index (χ1n) is 7.01. The first-order chi connectivity index (χ1) is 10.4. The molecule has 22 heavy (non-hydrogen) atoms. The quantitative estimate of drug-likeness (QED) is 0.562. The number of ether oxygens (including phenoxy) is 2. The third-order valence-corrected chi connectivity index (χ3v) is 3.73. The van der Waals surface area contributed by atoms with Gasteiger partial charge in [-0.2, -0.15) is 0 Å². The van der Waals surface area contributed by atoms with Gasteiger partial charge in [0, 0.05) is 11.8 Å². The van der Waals surface area contributed by atoms with Crippen molar-refractivity contribution in [3.8, 4) is 0 Å². The molecule has 1 aromatic heterocycles. The van der Waals surface area contributed by atoms with Crippen LogP contribution in [0.1, 0.15) is 19.5 Å². The number of allylic oxidation sites excluding steroid dienone is 2. The highest BCUT2D eigenvalue weighted by Crippen LogP contribution is 2.22. The first-order valence-corrected chi connectivity index (χ1v) is 7.01. The summed E-state index contributed by atoms with van der Waals surface area (Å²) in [4.78, 5) is 4.21. The Balaban J connectivity index is 2.00. The van der Waals surface area contributed by atoms with Gasteiger partial charge < -0.3 is 29.9 Å². The lowest BCUT2D eigenvalue weighted by Crippen LogP contribution is -2.58. The van der Waals surface area contributed by atoms with Gasteiger partial charge in [0.05, 0.1) is 11.5 Å². The number of nitrogens with zero attached hydrogens (tertiary/aromatic N) is 1. The topological polar surface area (TPSA) is 112 Å². The SMILES string of the molecule is C/C(OC[C@@H]1O[C@@H](O)[C@H](O)[C@H](O)[C@@H]1O)=C(/C)c1ccccn1. The molecule has 1 aromatic rings. The summed E-state index contributed by atoms with van der Waals surface area (Å²) >= 11 is 0. The van der Waals surface area contributed by atoms with Gasteiger partial charge in [-0.1, -0.05) is 6.07 Å².